The third-order valence-corrected chi connectivity index (χ3v) is 3.18. The topological polar surface area (TPSA) is 87.1 Å². The highest BCUT2D eigenvalue weighted by molar-refractivity contribution is 5.75. The number of nitrogens with one attached hydrogen (secondary N) is 1. The van der Waals surface area contributed by atoms with Crippen molar-refractivity contribution in [3.05, 3.63) is 10.4 Å². The number of carbonyl (C=O) groups is 1. The van der Waals surface area contributed by atoms with E-state index in [2.05, 4.69) is 43.0 Å². The van der Waals surface area contributed by atoms with Crippen LogP contribution in [0.15, 0.2) is 5.11 Å². The Hall–Kier alpha value is -1.26. The summed E-state index contributed by atoms with van der Waals surface area (Å²) in [5.74, 6) is 0.505. The normalized spacial score (nSPS) is 11.2. The van der Waals surface area contributed by atoms with Gasteiger partial charge in [0.25, 0.3) is 0 Å². The fraction of sp³-hybridized carbons (Fsp3) is 0.917. The number of hydrogen-bond acceptors (Lipinski definition) is 3. The van der Waals surface area contributed by atoms with E-state index in [1.165, 1.54) is 0 Å². The average Bonchev–Trinajstić information content (AvgIpc) is 2.31. The average molecular weight is 256 g/mol. The SMILES string of the molecule is CC(C)C(C)(C)CNC(=O)CCOCCN=[N+]=[N-]. The third kappa shape index (κ3) is 7.92. The molecule has 0 atom stereocenters. The van der Waals surface area contributed by atoms with E-state index >= 15 is 0 Å². The Morgan fingerprint density at radius 2 is 2.11 bits per heavy atom. The molecule has 18 heavy (non-hydrogen) atoms. The van der Waals surface area contributed by atoms with Crippen LogP contribution >= 0.6 is 0 Å². The van der Waals surface area contributed by atoms with Gasteiger partial charge in [0.2, 0.25) is 5.91 Å². The number of rotatable bonds is 9. The molecule has 1 N–H and O–H groups in total. The highest BCUT2D eigenvalue weighted by Crippen LogP contribution is 2.24. The summed E-state index contributed by atoms with van der Waals surface area (Å²) in [6.07, 6.45) is 0.338. The molecule has 0 fully saturated rings. The van der Waals surface area contributed by atoms with Crippen LogP contribution in [0.3, 0.4) is 0 Å². The summed E-state index contributed by atoms with van der Waals surface area (Å²) in [5.41, 5.74) is 8.14. The lowest BCUT2D eigenvalue weighted by molar-refractivity contribution is -0.122. The Balaban J connectivity index is 3.63. The van der Waals surface area contributed by atoms with Crippen LogP contribution in [0.1, 0.15) is 34.1 Å². The van der Waals surface area contributed by atoms with E-state index in [0.717, 1.165) is 0 Å². The smallest absolute Gasteiger partial charge is 0.222 e. The lowest BCUT2D eigenvalue weighted by atomic mass is 9.81. The molecule has 0 bridgehead atoms. The van der Waals surface area contributed by atoms with Gasteiger partial charge in [-0.2, -0.15) is 0 Å². The van der Waals surface area contributed by atoms with Crippen molar-refractivity contribution < 1.29 is 9.53 Å². The fourth-order valence-corrected chi connectivity index (χ4v) is 1.04. The molecule has 0 radical (unpaired) electrons. The van der Waals surface area contributed by atoms with Gasteiger partial charge in [-0.1, -0.05) is 32.8 Å². The largest absolute Gasteiger partial charge is 0.381 e. The second kappa shape index (κ2) is 8.78. The summed E-state index contributed by atoms with van der Waals surface area (Å²) in [6.45, 7) is 10.2. The van der Waals surface area contributed by atoms with Gasteiger partial charge < -0.3 is 10.1 Å². The van der Waals surface area contributed by atoms with E-state index < -0.39 is 0 Å². The molecular formula is C12H24N4O2. The maximum absolute atomic E-state index is 11.5. The Kier molecular flexibility index (Phi) is 8.16. The molecule has 0 rings (SSSR count). The number of hydrogen-bond donors (Lipinski definition) is 1. The van der Waals surface area contributed by atoms with Crippen molar-refractivity contribution in [1.29, 1.82) is 0 Å². The van der Waals surface area contributed by atoms with Crippen LogP contribution in [0.2, 0.25) is 0 Å². The maximum atomic E-state index is 11.5. The molecule has 0 aliphatic rings. The number of nitrogens with zero attached hydrogens (tertiary/aromatic N) is 3. The number of ether oxygens (including phenoxy) is 1. The number of carbonyl (C=O) groups excluding carboxylic acids is 1. The first-order valence-corrected chi connectivity index (χ1v) is 6.25. The summed E-state index contributed by atoms with van der Waals surface area (Å²) in [6, 6.07) is 0. The Labute approximate surface area is 109 Å². The molecule has 0 aromatic carbocycles. The van der Waals surface area contributed by atoms with Crippen LogP contribution < -0.4 is 5.32 Å². The van der Waals surface area contributed by atoms with Crippen LogP contribution in [0.5, 0.6) is 0 Å². The van der Waals surface area contributed by atoms with Crippen LogP contribution in [0.25, 0.3) is 10.4 Å². The van der Waals surface area contributed by atoms with Crippen molar-refractivity contribution in [1.82, 2.24) is 5.32 Å². The minimum atomic E-state index is -0.00694. The first-order chi connectivity index (χ1) is 8.40. The zero-order valence-corrected chi connectivity index (χ0v) is 11.8. The van der Waals surface area contributed by atoms with Gasteiger partial charge in [0.15, 0.2) is 0 Å². The quantitative estimate of drug-likeness (QED) is 0.297. The van der Waals surface area contributed by atoms with Gasteiger partial charge in [-0.25, -0.2) is 0 Å². The van der Waals surface area contributed by atoms with Gasteiger partial charge in [-0.15, -0.1) is 0 Å². The molecule has 0 saturated carbocycles. The van der Waals surface area contributed by atoms with Crippen LogP contribution in [0, 0.1) is 11.3 Å². The molecule has 0 saturated heterocycles. The minimum absolute atomic E-state index is 0.00694. The van der Waals surface area contributed by atoms with Gasteiger partial charge in [-0.3, -0.25) is 4.79 Å². The van der Waals surface area contributed by atoms with Gasteiger partial charge in [0.05, 0.1) is 13.2 Å². The van der Waals surface area contributed by atoms with Crippen LogP contribution in [-0.4, -0.2) is 32.2 Å². The Bertz CT molecular complexity index is 296. The van der Waals surface area contributed by atoms with E-state index in [0.29, 0.717) is 38.6 Å². The van der Waals surface area contributed by atoms with Crippen molar-refractivity contribution in [2.24, 2.45) is 16.4 Å². The van der Waals surface area contributed by atoms with Crippen LogP contribution in [-0.2, 0) is 9.53 Å². The van der Waals surface area contributed by atoms with Crippen molar-refractivity contribution in [2.45, 2.75) is 34.1 Å². The van der Waals surface area contributed by atoms with Crippen molar-refractivity contribution in [2.75, 3.05) is 26.3 Å². The van der Waals surface area contributed by atoms with Crippen molar-refractivity contribution >= 4 is 5.91 Å². The summed E-state index contributed by atoms with van der Waals surface area (Å²) < 4.78 is 5.16. The van der Waals surface area contributed by atoms with E-state index in [1.807, 2.05) is 0 Å². The van der Waals surface area contributed by atoms with Gasteiger partial charge in [0, 0.05) is 24.4 Å². The summed E-state index contributed by atoms with van der Waals surface area (Å²) in [4.78, 5) is 14.1. The highest BCUT2D eigenvalue weighted by atomic mass is 16.5. The van der Waals surface area contributed by atoms with Gasteiger partial charge >= 0.3 is 0 Å². The predicted molar refractivity (Wildman–Crippen MR) is 71.1 cm³/mol. The Morgan fingerprint density at radius 1 is 1.44 bits per heavy atom. The number of amides is 1. The molecule has 0 heterocycles. The van der Waals surface area contributed by atoms with Gasteiger partial charge in [-0.05, 0) is 16.9 Å². The molecule has 0 aliphatic carbocycles. The molecule has 0 aliphatic heterocycles. The van der Waals surface area contributed by atoms with E-state index in [-0.39, 0.29) is 11.3 Å². The minimum Gasteiger partial charge on any atom is -0.381 e. The second-order valence-corrected chi connectivity index (χ2v) is 5.24. The molecule has 1 amide bonds. The summed E-state index contributed by atoms with van der Waals surface area (Å²) >= 11 is 0. The standard InChI is InChI=1S/C12H24N4O2/c1-10(2)12(3,4)9-14-11(17)5-7-18-8-6-15-16-13/h10H,5-9H2,1-4H3,(H,14,17). The summed E-state index contributed by atoms with van der Waals surface area (Å²) in [5, 5.41) is 6.24. The number of azide groups is 1. The summed E-state index contributed by atoms with van der Waals surface area (Å²) in [7, 11) is 0. The van der Waals surface area contributed by atoms with Crippen molar-refractivity contribution in [3.8, 4) is 0 Å². The van der Waals surface area contributed by atoms with E-state index in [9.17, 15) is 4.79 Å². The molecule has 0 aromatic rings. The Morgan fingerprint density at radius 3 is 2.67 bits per heavy atom. The maximum Gasteiger partial charge on any atom is 0.222 e. The first kappa shape index (κ1) is 16.7. The highest BCUT2D eigenvalue weighted by Gasteiger charge is 2.22. The third-order valence-electron chi connectivity index (χ3n) is 3.18. The zero-order valence-electron chi connectivity index (χ0n) is 11.8. The fourth-order valence-electron chi connectivity index (χ4n) is 1.04. The zero-order chi connectivity index (χ0) is 14.0. The van der Waals surface area contributed by atoms with E-state index in [4.69, 9.17) is 10.3 Å². The molecule has 0 unspecified atom stereocenters. The predicted octanol–water partition coefficient (Wildman–Crippen LogP) is 2.50. The molecular weight excluding hydrogens is 232 g/mol. The molecule has 6 nitrogen and oxygen atoms in total. The van der Waals surface area contributed by atoms with Crippen LogP contribution in [0.4, 0.5) is 0 Å². The lowest BCUT2D eigenvalue weighted by Crippen LogP contribution is -2.37. The molecule has 0 spiro atoms. The first-order valence-electron chi connectivity index (χ1n) is 6.25. The van der Waals surface area contributed by atoms with E-state index in [1.54, 1.807) is 0 Å². The van der Waals surface area contributed by atoms with Gasteiger partial charge in [0.1, 0.15) is 0 Å². The molecule has 6 heteroatoms. The lowest BCUT2D eigenvalue weighted by Gasteiger charge is -2.29. The van der Waals surface area contributed by atoms with Crippen molar-refractivity contribution in [3.63, 3.8) is 0 Å². The molecule has 104 valence electrons. The molecule has 0 aromatic heterocycles. The second-order valence-electron chi connectivity index (χ2n) is 5.24. The monoisotopic (exact) mass is 256 g/mol.